The average molecular weight is 226 g/mol. The van der Waals surface area contributed by atoms with Crippen molar-refractivity contribution in [2.45, 2.75) is 31.9 Å². The van der Waals surface area contributed by atoms with Gasteiger partial charge in [-0.3, -0.25) is 4.79 Å². The molecule has 1 fully saturated rings. The summed E-state index contributed by atoms with van der Waals surface area (Å²) in [5.74, 6) is -0.338. The van der Waals surface area contributed by atoms with Crippen molar-refractivity contribution in [1.82, 2.24) is 15.6 Å². The summed E-state index contributed by atoms with van der Waals surface area (Å²) in [4.78, 5) is 11.7. The van der Waals surface area contributed by atoms with Gasteiger partial charge < -0.3 is 15.8 Å². The Morgan fingerprint density at radius 1 is 1.56 bits per heavy atom. The number of amides is 1. The van der Waals surface area contributed by atoms with Gasteiger partial charge in [-0.2, -0.15) is 0 Å². The standard InChI is InChI=1S/C9H14N4O3/c1-5-4-6(2-3-15-5)11-9(14)7-8(10)13-16-12-7/h5-6H,2-4H2,1H3,(H2,10,13)(H,11,14). The van der Waals surface area contributed by atoms with Crippen molar-refractivity contribution >= 4 is 11.7 Å². The van der Waals surface area contributed by atoms with E-state index >= 15 is 0 Å². The van der Waals surface area contributed by atoms with E-state index in [2.05, 4.69) is 20.3 Å². The van der Waals surface area contributed by atoms with Crippen LogP contribution in [0, 0.1) is 0 Å². The molecule has 0 bridgehead atoms. The Morgan fingerprint density at radius 2 is 2.38 bits per heavy atom. The van der Waals surface area contributed by atoms with Gasteiger partial charge in [0.05, 0.1) is 6.10 Å². The number of aromatic nitrogens is 2. The lowest BCUT2D eigenvalue weighted by molar-refractivity contribution is 0.0136. The summed E-state index contributed by atoms with van der Waals surface area (Å²) in [6.45, 7) is 2.63. The molecule has 0 radical (unpaired) electrons. The van der Waals surface area contributed by atoms with E-state index < -0.39 is 0 Å². The Balaban J connectivity index is 1.95. The summed E-state index contributed by atoms with van der Waals surface area (Å²) in [5.41, 5.74) is 5.46. The monoisotopic (exact) mass is 226 g/mol. The zero-order valence-electron chi connectivity index (χ0n) is 8.97. The largest absolute Gasteiger partial charge is 0.379 e. The molecule has 0 saturated carbocycles. The normalized spacial score (nSPS) is 25.3. The van der Waals surface area contributed by atoms with E-state index in [1.54, 1.807) is 0 Å². The van der Waals surface area contributed by atoms with Gasteiger partial charge >= 0.3 is 0 Å². The summed E-state index contributed by atoms with van der Waals surface area (Å²) in [5, 5.41) is 9.63. The van der Waals surface area contributed by atoms with E-state index in [0.29, 0.717) is 6.61 Å². The van der Waals surface area contributed by atoms with E-state index in [1.165, 1.54) is 0 Å². The molecule has 0 aliphatic carbocycles. The molecule has 2 atom stereocenters. The first-order valence-corrected chi connectivity index (χ1v) is 5.17. The molecule has 1 saturated heterocycles. The molecule has 1 amide bonds. The van der Waals surface area contributed by atoms with Gasteiger partial charge in [-0.25, -0.2) is 4.63 Å². The molecule has 3 N–H and O–H groups in total. The fourth-order valence-corrected chi connectivity index (χ4v) is 1.74. The van der Waals surface area contributed by atoms with Crippen LogP contribution in [-0.4, -0.2) is 35.0 Å². The van der Waals surface area contributed by atoms with E-state index in [-0.39, 0.29) is 29.6 Å². The predicted octanol–water partition coefficient (Wildman–Crippen LogP) is -0.0509. The van der Waals surface area contributed by atoms with Crippen LogP contribution in [0.15, 0.2) is 4.63 Å². The second-order valence-electron chi connectivity index (χ2n) is 3.87. The molecule has 2 heterocycles. The Morgan fingerprint density at radius 3 is 3.00 bits per heavy atom. The number of nitrogen functional groups attached to an aromatic ring is 1. The Bertz CT molecular complexity index is 379. The first kappa shape index (κ1) is 10.9. The van der Waals surface area contributed by atoms with Crippen LogP contribution in [-0.2, 0) is 4.74 Å². The molecule has 7 heteroatoms. The Hall–Kier alpha value is -1.63. The SMILES string of the molecule is CC1CC(NC(=O)c2nonc2N)CCO1. The predicted molar refractivity (Wildman–Crippen MR) is 54.6 cm³/mol. The number of hydrogen-bond acceptors (Lipinski definition) is 6. The van der Waals surface area contributed by atoms with Crippen LogP contribution < -0.4 is 11.1 Å². The van der Waals surface area contributed by atoms with Gasteiger partial charge in [0, 0.05) is 12.6 Å². The minimum atomic E-state index is -0.349. The zero-order chi connectivity index (χ0) is 11.5. The maximum Gasteiger partial charge on any atom is 0.277 e. The summed E-state index contributed by atoms with van der Waals surface area (Å²) in [6.07, 6.45) is 1.74. The zero-order valence-corrected chi connectivity index (χ0v) is 8.97. The van der Waals surface area contributed by atoms with Crippen molar-refractivity contribution in [2.75, 3.05) is 12.3 Å². The molecule has 1 aromatic rings. The number of rotatable bonds is 2. The van der Waals surface area contributed by atoms with E-state index in [1.807, 2.05) is 6.92 Å². The van der Waals surface area contributed by atoms with Gasteiger partial charge in [-0.1, -0.05) is 0 Å². The lowest BCUT2D eigenvalue weighted by Crippen LogP contribution is -2.41. The number of nitrogens with two attached hydrogens (primary N) is 1. The van der Waals surface area contributed by atoms with Crippen LogP contribution in [0.3, 0.4) is 0 Å². The van der Waals surface area contributed by atoms with Gasteiger partial charge in [0.1, 0.15) is 0 Å². The minimum absolute atomic E-state index is 0.0117. The molecule has 88 valence electrons. The Kier molecular flexibility index (Phi) is 3.04. The van der Waals surface area contributed by atoms with Gasteiger partial charge in [-0.15, -0.1) is 0 Å². The maximum atomic E-state index is 11.7. The third-order valence-corrected chi connectivity index (χ3v) is 2.55. The molecule has 0 aromatic carbocycles. The van der Waals surface area contributed by atoms with Crippen LogP contribution in [0.1, 0.15) is 30.3 Å². The first-order valence-electron chi connectivity index (χ1n) is 5.17. The molecule has 7 nitrogen and oxygen atoms in total. The summed E-state index contributed by atoms with van der Waals surface area (Å²) in [7, 11) is 0. The molecule has 1 aromatic heterocycles. The number of ether oxygens (including phenoxy) is 1. The summed E-state index contributed by atoms with van der Waals surface area (Å²) in [6, 6.07) is 0.0901. The van der Waals surface area contributed by atoms with Gasteiger partial charge in [0.2, 0.25) is 11.5 Å². The Labute approximate surface area is 92.3 Å². The molecule has 0 spiro atoms. The van der Waals surface area contributed by atoms with Crippen molar-refractivity contribution in [1.29, 1.82) is 0 Å². The number of nitrogens with zero attached hydrogens (tertiary/aromatic N) is 2. The summed E-state index contributed by atoms with van der Waals surface area (Å²) >= 11 is 0. The molecule has 2 rings (SSSR count). The highest BCUT2D eigenvalue weighted by Crippen LogP contribution is 2.14. The fourth-order valence-electron chi connectivity index (χ4n) is 1.74. The number of nitrogens with one attached hydrogen (secondary N) is 1. The topological polar surface area (TPSA) is 103 Å². The first-order chi connectivity index (χ1) is 7.66. The van der Waals surface area contributed by atoms with Gasteiger partial charge in [-0.05, 0) is 30.1 Å². The third-order valence-electron chi connectivity index (χ3n) is 2.55. The van der Waals surface area contributed by atoms with E-state index in [9.17, 15) is 4.79 Å². The summed E-state index contributed by atoms with van der Waals surface area (Å²) < 4.78 is 9.75. The van der Waals surface area contributed by atoms with Crippen molar-refractivity contribution in [2.24, 2.45) is 0 Å². The lowest BCUT2D eigenvalue weighted by Gasteiger charge is -2.27. The fraction of sp³-hybridized carbons (Fsp3) is 0.667. The van der Waals surface area contributed by atoms with Crippen LogP contribution in [0.2, 0.25) is 0 Å². The van der Waals surface area contributed by atoms with Crippen molar-refractivity contribution < 1.29 is 14.2 Å². The maximum absolute atomic E-state index is 11.7. The van der Waals surface area contributed by atoms with Gasteiger partial charge in [0.25, 0.3) is 5.91 Å². The van der Waals surface area contributed by atoms with Crippen molar-refractivity contribution in [3.05, 3.63) is 5.69 Å². The molecular formula is C9H14N4O3. The highest BCUT2D eigenvalue weighted by Gasteiger charge is 2.24. The molecule has 1 aliphatic heterocycles. The molecular weight excluding hydrogens is 212 g/mol. The number of hydrogen-bond donors (Lipinski definition) is 2. The minimum Gasteiger partial charge on any atom is -0.379 e. The second kappa shape index (κ2) is 4.48. The van der Waals surface area contributed by atoms with E-state index in [0.717, 1.165) is 12.8 Å². The van der Waals surface area contributed by atoms with Crippen LogP contribution in [0.4, 0.5) is 5.82 Å². The number of carbonyl (C=O) groups excluding carboxylic acids is 1. The van der Waals surface area contributed by atoms with Crippen LogP contribution in [0.25, 0.3) is 0 Å². The number of carbonyl (C=O) groups is 1. The van der Waals surface area contributed by atoms with Crippen molar-refractivity contribution in [3.63, 3.8) is 0 Å². The van der Waals surface area contributed by atoms with Crippen LogP contribution >= 0.6 is 0 Å². The quantitative estimate of drug-likeness (QED) is 0.732. The van der Waals surface area contributed by atoms with E-state index in [4.69, 9.17) is 10.5 Å². The molecule has 16 heavy (non-hydrogen) atoms. The second-order valence-corrected chi connectivity index (χ2v) is 3.87. The van der Waals surface area contributed by atoms with Crippen LogP contribution in [0.5, 0.6) is 0 Å². The smallest absolute Gasteiger partial charge is 0.277 e. The molecule has 1 aliphatic rings. The number of anilines is 1. The highest BCUT2D eigenvalue weighted by molar-refractivity contribution is 5.96. The van der Waals surface area contributed by atoms with Crippen molar-refractivity contribution in [3.8, 4) is 0 Å². The highest BCUT2D eigenvalue weighted by atomic mass is 16.6. The molecule has 2 unspecified atom stereocenters. The third kappa shape index (κ3) is 2.30. The average Bonchev–Trinajstić information content (AvgIpc) is 2.64. The van der Waals surface area contributed by atoms with Gasteiger partial charge in [0.15, 0.2) is 0 Å². The lowest BCUT2D eigenvalue weighted by atomic mass is 10.0.